The average Bonchev–Trinajstić information content (AvgIpc) is 2.68. The van der Waals surface area contributed by atoms with Crippen molar-refractivity contribution >= 4 is 22.6 Å². The van der Waals surface area contributed by atoms with Crippen LogP contribution in [0, 0.1) is 11.3 Å². The van der Waals surface area contributed by atoms with Gasteiger partial charge in [-0.05, 0) is 24.6 Å². The van der Waals surface area contributed by atoms with Gasteiger partial charge in [0.2, 0.25) is 0 Å². The molecule has 3 nitrogen and oxygen atoms in total. The Kier molecular flexibility index (Phi) is 3.65. The van der Waals surface area contributed by atoms with Crippen LogP contribution in [0.2, 0.25) is 0 Å². The number of aromatic nitrogens is 2. The summed E-state index contributed by atoms with van der Waals surface area (Å²) in [6, 6.07) is 7.76. The van der Waals surface area contributed by atoms with Gasteiger partial charge in [-0.25, -0.2) is 4.98 Å². The fourth-order valence-corrected chi connectivity index (χ4v) is 2.16. The van der Waals surface area contributed by atoms with Gasteiger partial charge in [-0.3, -0.25) is 0 Å². The van der Waals surface area contributed by atoms with Crippen molar-refractivity contribution in [1.29, 1.82) is 5.26 Å². The zero-order chi connectivity index (χ0) is 12.3. The number of alkyl halides is 1. The van der Waals surface area contributed by atoms with Crippen molar-refractivity contribution in [3.05, 3.63) is 29.6 Å². The molecular weight excluding hydrogens is 234 g/mol. The summed E-state index contributed by atoms with van der Waals surface area (Å²) in [5.74, 6) is 1.57. The standard InChI is InChI=1S/C13H14ClN3/c1-2-7-17-12-8-10(9-15)3-4-11(12)16-13(17)5-6-14/h3-4,8H,2,5-7H2,1H3. The maximum Gasteiger partial charge on any atom is 0.111 e. The summed E-state index contributed by atoms with van der Waals surface area (Å²) >= 11 is 5.79. The molecule has 0 aliphatic carbocycles. The molecule has 0 bridgehead atoms. The van der Waals surface area contributed by atoms with Gasteiger partial charge in [0, 0.05) is 18.8 Å². The molecule has 2 rings (SSSR count). The van der Waals surface area contributed by atoms with Crippen LogP contribution in [0.15, 0.2) is 18.2 Å². The average molecular weight is 248 g/mol. The van der Waals surface area contributed by atoms with E-state index in [9.17, 15) is 0 Å². The second-order valence-corrected chi connectivity index (χ2v) is 4.31. The van der Waals surface area contributed by atoms with Crippen LogP contribution >= 0.6 is 11.6 Å². The van der Waals surface area contributed by atoms with E-state index in [2.05, 4.69) is 22.5 Å². The number of halogens is 1. The molecule has 1 aromatic carbocycles. The Bertz CT molecular complexity index is 566. The second-order valence-electron chi connectivity index (χ2n) is 3.93. The largest absolute Gasteiger partial charge is 0.328 e. The minimum atomic E-state index is 0.568. The van der Waals surface area contributed by atoms with Crippen molar-refractivity contribution in [3.8, 4) is 6.07 Å². The van der Waals surface area contributed by atoms with Crippen molar-refractivity contribution < 1.29 is 0 Å². The van der Waals surface area contributed by atoms with Crippen LogP contribution in [0.25, 0.3) is 11.0 Å². The Morgan fingerprint density at radius 3 is 2.94 bits per heavy atom. The molecule has 0 aliphatic heterocycles. The van der Waals surface area contributed by atoms with Crippen molar-refractivity contribution in [2.75, 3.05) is 5.88 Å². The maximum absolute atomic E-state index is 8.93. The number of nitriles is 1. The number of rotatable bonds is 4. The van der Waals surface area contributed by atoms with E-state index in [0.717, 1.165) is 36.2 Å². The number of nitrogens with zero attached hydrogens (tertiary/aromatic N) is 3. The van der Waals surface area contributed by atoms with E-state index in [1.54, 1.807) is 6.07 Å². The minimum absolute atomic E-state index is 0.568. The van der Waals surface area contributed by atoms with E-state index in [-0.39, 0.29) is 0 Å². The van der Waals surface area contributed by atoms with Crippen molar-refractivity contribution in [2.45, 2.75) is 26.3 Å². The zero-order valence-electron chi connectivity index (χ0n) is 9.78. The van der Waals surface area contributed by atoms with Gasteiger partial charge in [0.15, 0.2) is 0 Å². The highest BCUT2D eigenvalue weighted by Crippen LogP contribution is 2.19. The summed E-state index contributed by atoms with van der Waals surface area (Å²) < 4.78 is 2.17. The van der Waals surface area contributed by atoms with Crippen LogP contribution in [-0.4, -0.2) is 15.4 Å². The second kappa shape index (κ2) is 5.20. The lowest BCUT2D eigenvalue weighted by Gasteiger charge is -2.06. The highest BCUT2D eigenvalue weighted by molar-refractivity contribution is 6.17. The van der Waals surface area contributed by atoms with Gasteiger partial charge in [0.05, 0.1) is 22.7 Å². The molecule has 0 unspecified atom stereocenters. The quantitative estimate of drug-likeness (QED) is 0.779. The van der Waals surface area contributed by atoms with Gasteiger partial charge in [0.1, 0.15) is 5.82 Å². The third-order valence-corrected chi connectivity index (χ3v) is 2.91. The number of hydrogen-bond donors (Lipinski definition) is 0. The van der Waals surface area contributed by atoms with E-state index in [1.165, 1.54) is 0 Å². The van der Waals surface area contributed by atoms with E-state index >= 15 is 0 Å². The van der Waals surface area contributed by atoms with Crippen LogP contribution in [0.5, 0.6) is 0 Å². The molecule has 2 aromatic rings. The van der Waals surface area contributed by atoms with Crippen LogP contribution in [0.1, 0.15) is 24.7 Å². The number of fused-ring (bicyclic) bond motifs is 1. The van der Waals surface area contributed by atoms with E-state index in [4.69, 9.17) is 16.9 Å². The van der Waals surface area contributed by atoms with Crippen LogP contribution in [-0.2, 0) is 13.0 Å². The summed E-state index contributed by atoms with van der Waals surface area (Å²) in [6.45, 7) is 3.04. The van der Waals surface area contributed by atoms with Gasteiger partial charge in [-0.1, -0.05) is 6.92 Å². The lowest BCUT2D eigenvalue weighted by atomic mass is 10.2. The van der Waals surface area contributed by atoms with Crippen molar-refractivity contribution in [2.24, 2.45) is 0 Å². The Hall–Kier alpha value is -1.53. The first-order valence-electron chi connectivity index (χ1n) is 5.75. The molecule has 4 heteroatoms. The van der Waals surface area contributed by atoms with Crippen LogP contribution in [0.3, 0.4) is 0 Å². The van der Waals surface area contributed by atoms with Crippen LogP contribution < -0.4 is 0 Å². The van der Waals surface area contributed by atoms with Crippen molar-refractivity contribution in [3.63, 3.8) is 0 Å². The molecule has 0 spiro atoms. The molecular formula is C13H14ClN3. The number of benzene rings is 1. The SMILES string of the molecule is CCCn1c(CCCl)nc2ccc(C#N)cc21. The predicted octanol–water partition coefficient (Wildman–Crippen LogP) is 3.10. The topological polar surface area (TPSA) is 41.6 Å². The maximum atomic E-state index is 8.93. The molecule has 0 amide bonds. The van der Waals surface area contributed by atoms with Gasteiger partial charge in [0.25, 0.3) is 0 Å². The van der Waals surface area contributed by atoms with E-state index in [1.807, 2.05) is 12.1 Å². The molecule has 0 saturated carbocycles. The summed E-state index contributed by atoms with van der Waals surface area (Å²) in [6.07, 6.45) is 1.80. The number of imidazole rings is 1. The molecule has 17 heavy (non-hydrogen) atoms. The van der Waals surface area contributed by atoms with E-state index < -0.39 is 0 Å². The fourth-order valence-electron chi connectivity index (χ4n) is 1.99. The summed E-state index contributed by atoms with van der Waals surface area (Å²) in [5.41, 5.74) is 2.65. The monoisotopic (exact) mass is 247 g/mol. The molecule has 0 fully saturated rings. The first-order valence-corrected chi connectivity index (χ1v) is 6.28. The van der Waals surface area contributed by atoms with Gasteiger partial charge >= 0.3 is 0 Å². The van der Waals surface area contributed by atoms with E-state index in [0.29, 0.717) is 11.4 Å². The van der Waals surface area contributed by atoms with Crippen molar-refractivity contribution in [1.82, 2.24) is 9.55 Å². The number of aryl methyl sites for hydroxylation is 2. The Balaban J connectivity index is 2.60. The molecule has 88 valence electrons. The molecule has 1 heterocycles. The zero-order valence-corrected chi connectivity index (χ0v) is 10.5. The Morgan fingerprint density at radius 1 is 1.47 bits per heavy atom. The third kappa shape index (κ3) is 2.27. The Labute approximate surface area is 106 Å². The summed E-state index contributed by atoms with van der Waals surface area (Å²) in [7, 11) is 0. The lowest BCUT2D eigenvalue weighted by molar-refractivity contribution is 0.660. The third-order valence-electron chi connectivity index (χ3n) is 2.72. The number of hydrogen-bond acceptors (Lipinski definition) is 2. The first-order chi connectivity index (χ1) is 8.30. The molecule has 0 aliphatic rings. The summed E-state index contributed by atoms with van der Waals surface area (Å²) in [5, 5.41) is 8.93. The highest BCUT2D eigenvalue weighted by atomic mass is 35.5. The molecule has 0 N–H and O–H groups in total. The smallest absolute Gasteiger partial charge is 0.111 e. The molecule has 0 saturated heterocycles. The fraction of sp³-hybridized carbons (Fsp3) is 0.385. The normalized spacial score (nSPS) is 10.6. The van der Waals surface area contributed by atoms with Gasteiger partial charge in [-0.15, -0.1) is 11.6 Å². The minimum Gasteiger partial charge on any atom is -0.328 e. The first kappa shape index (κ1) is 11.9. The van der Waals surface area contributed by atoms with Gasteiger partial charge in [-0.2, -0.15) is 5.26 Å². The predicted molar refractivity (Wildman–Crippen MR) is 69.2 cm³/mol. The molecule has 1 aromatic heterocycles. The molecule has 0 atom stereocenters. The summed E-state index contributed by atoms with van der Waals surface area (Å²) in [4.78, 5) is 4.57. The Morgan fingerprint density at radius 2 is 2.29 bits per heavy atom. The highest BCUT2D eigenvalue weighted by Gasteiger charge is 2.10. The van der Waals surface area contributed by atoms with Gasteiger partial charge < -0.3 is 4.57 Å². The van der Waals surface area contributed by atoms with Crippen LogP contribution in [0.4, 0.5) is 0 Å². The lowest BCUT2D eigenvalue weighted by Crippen LogP contribution is -2.04. The molecule has 0 radical (unpaired) electrons.